The molecule has 1 atom stereocenters. The minimum Gasteiger partial charge on any atom is -0.461 e. The first-order valence-corrected chi connectivity index (χ1v) is 8.84. The Kier molecular flexibility index (Phi) is 3.72. The molecular formula is C18H20N2OS. The van der Waals surface area contributed by atoms with Crippen molar-refractivity contribution in [2.75, 3.05) is 13.1 Å². The number of benzene rings is 1. The molecule has 22 heavy (non-hydrogen) atoms. The van der Waals surface area contributed by atoms with Crippen LogP contribution in [0.25, 0.3) is 21.5 Å². The van der Waals surface area contributed by atoms with Crippen LogP contribution in [0.1, 0.15) is 25.5 Å². The Morgan fingerprint density at radius 2 is 2.32 bits per heavy atom. The molecule has 0 unspecified atom stereocenters. The number of thiazole rings is 1. The molecule has 4 heteroatoms. The third kappa shape index (κ3) is 2.69. The van der Waals surface area contributed by atoms with Crippen molar-refractivity contribution in [1.82, 2.24) is 9.88 Å². The molecule has 0 aliphatic carbocycles. The lowest BCUT2D eigenvalue weighted by molar-refractivity contribution is 0.266. The van der Waals surface area contributed by atoms with Crippen LogP contribution < -0.4 is 0 Å². The fraction of sp³-hybridized carbons (Fsp3) is 0.389. The van der Waals surface area contributed by atoms with Crippen molar-refractivity contribution in [3.05, 3.63) is 41.6 Å². The highest BCUT2D eigenvalue weighted by Gasteiger charge is 2.20. The summed E-state index contributed by atoms with van der Waals surface area (Å²) in [6, 6.07) is 9.25. The van der Waals surface area contributed by atoms with Crippen molar-refractivity contribution in [3.8, 4) is 10.6 Å². The number of nitrogens with zero attached hydrogens (tertiary/aromatic N) is 2. The maximum atomic E-state index is 5.99. The first-order valence-electron chi connectivity index (χ1n) is 7.96. The highest BCUT2D eigenvalue weighted by Crippen LogP contribution is 2.28. The number of furan rings is 1. The van der Waals surface area contributed by atoms with Crippen LogP contribution in [0.2, 0.25) is 0 Å². The average molecular weight is 312 g/mol. The van der Waals surface area contributed by atoms with Gasteiger partial charge in [0.15, 0.2) is 0 Å². The van der Waals surface area contributed by atoms with Crippen molar-refractivity contribution in [2.24, 2.45) is 0 Å². The lowest BCUT2D eigenvalue weighted by atomic mass is 10.1. The Labute approximate surface area is 134 Å². The molecule has 1 fully saturated rings. The van der Waals surface area contributed by atoms with Crippen LogP contribution in [-0.2, 0) is 6.42 Å². The second kappa shape index (κ2) is 5.86. The van der Waals surface area contributed by atoms with Crippen molar-refractivity contribution < 1.29 is 4.42 Å². The second-order valence-electron chi connectivity index (χ2n) is 6.08. The summed E-state index contributed by atoms with van der Waals surface area (Å²) < 4.78 is 5.99. The van der Waals surface area contributed by atoms with E-state index < -0.39 is 0 Å². The molecule has 0 spiro atoms. The van der Waals surface area contributed by atoms with Crippen molar-refractivity contribution in [2.45, 2.75) is 32.2 Å². The molecule has 3 nitrogen and oxygen atoms in total. The normalized spacial score (nSPS) is 19.2. The van der Waals surface area contributed by atoms with Gasteiger partial charge in [0.2, 0.25) is 0 Å². The molecule has 2 aromatic heterocycles. The number of likely N-dealkylation sites (tertiary alicyclic amines) is 1. The zero-order valence-corrected chi connectivity index (χ0v) is 13.6. The summed E-state index contributed by atoms with van der Waals surface area (Å²) >= 11 is 1.67. The lowest BCUT2D eigenvalue weighted by Gasteiger charge is -2.19. The molecule has 3 aromatic rings. The number of rotatable bonds is 4. The molecule has 1 aromatic carbocycles. The fourth-order valence-electron chi connectivity index (χ4n) is 3.30. The van der Waals surface area contributed by atoms with E-state index in [4.69, 9.17) is 4.42 Å². The summed E-state index contributed by atoms with van der Waals surface area (Å²) in [5.41, 5.74) is 2.15. The van der Waals surface area contributed by atoms with E-state index in [-0.39, 0.29) is 0 Å². The van der Waals surface area contributed by atoms with Crippen molar-refractivity contribution in [1.29, 1.82) is 0 Å². The topological polar surface area (TPSA) is 29.3 Å². The molecule has 0 amide bonds. The van der Waals surface area contributed by atoms with E-state index in [1.54, 1.807) is 11.3 Å². The Balaban J connectivity index is 1.53. The molecule has 0 bridgehead atoms. The van der Waals surface area contributed by atoms with Gasteiger partial charge in [-0.25, -0.2) is 4.98 Å². The minimum atomic E-state index is 0.723. The van der Waals surface area contributed by atoms with Gasteiger partial charge in [-0.2, -0.15) is 0 Å². The van der Waals surface area contributed by atoms with Crippen LogP contribution in [-0.4, -0.2) is 29.0 Å². The monoisotopic (exact) mass is 312 g/mol. The van der Waals surface area contributed by atoms with Gasteiger partial charge in [0.1, 0.15) is 16.4 Å². The van der Waals surface area contributed by atoms with Crippen LogP contribution in [0.5, 0.6) is 0 Å². The predicted molar refractivity (Wildman–Crippen MR) is 91.3 cm³/mol. The molecule has 0 saturated carbocycles. The average Bonchev–Trinajstić information content (AvgIpc) is 3.25. The van der Waals surface area contributed by atoms with E-state index in [9.17, 15) is 0 Å². The van der Waals surface area contributed by atoms with E-state index in [0.717, 1.165) is 35.4 Å². The van der Waals surface area contributed by atoms with Crippen molar-refractivity contribution >= 4 is 22.3 Å². The van der Waals surface area contributed by atoms with Crippen LogP contribution in [0.15, 0.2) is 40.3 Å². The van der Waals surface area contributed by atoms with Gasteiger partial charge >= 0.3 is 0 Å². The summed E-state index contributed by atoms with van der Waals surface area (Å²) in [7, 11) is 0. The number of fused-ring (bicyclic) bond motifs is 1. The summed E-state index contributed by atoms with van der Waals surface area (Å²) in [5.74, 6) is 1.09. The molecule has 0 N–H and O–H groups in total. The Bertz CT molecular complexity index is 763. The lowest BCUT2D eigenvalue weighted by Crippen LogP contribution is -2.28. The van der Waals surface area contributed by atoms with E-state index in [0.29, 0.717) is 0 Å². The van der Waals surface area contributed by atoms with Gasteiger partial charge in [-0.05, 0) is 50.6 Å². The highest BCUT2D eigenvalue weighted by atomic mass is 32.1. The second-order valence-corrected chi connectivity index (χ2v) is 6.97. The summed E-state index contributed by atoms with van der Waals surface area (Å²) in [6.45, 7) is 4.65. The SMILES string of the molecule is C[C@@H]1CCCN1CCc1cc2cc(-c3nccs3)ccc2o1. The molecule has 3 heterocycles. The maximum Gasteiger partial charge on any atom is 0.134 e. The first kappa shape index (κ1) is 14.0. The van der Waals surface area contributed by atoms with Crippen LogP contribution >= 0.6 is 11.3 Å². The molecule has 4 rings (SSSR count). The summed E-state index contributed by atoms with van der Waals surface area (Å²) in [6.07, 6.45) is 5.50. The standard InChI is InChI=1S/C18H20N2OS/c1-13-3-2-8-20(13)9-6-16-12-15-11-14(4-5-17(15)21-16)18-19-7-10-22-18/h4-5,7,10-13H,2-3,6,8-9H2,1H3/t13-/m1/s1. The zero-order chi connectivity index (χ0) is 14.9. The maximum absolute atomic E-state index is 5.99. The summed E-state index contributed by atoms with van der Waals surface area (Å²) in [4.78, 5) is 6.94. The van der Waals surface area contributed by atoms with E-state index in [2.05, 4.69) is 41.1 Å². The fourth-order valence-corrected chi connectivity index (χ4v) is 3.93. The van der Waals surface area contributed by atoms with Crippen LogP contribution in [0, 0.1) is 0 Å². The van der Waals surface area contributed by atoms with Crippen LogP contribution in [0.3, 0.4) is 0 Å². The molecule has 1 saturated heterocycles. The largest absolute Gasteiger partial charge is 0.461 e. The van der Waals surface area contributed by atoms with E-state index in [1.165, 1.54) is 30.3 Å². The van der Waals surface area contributed by atoms with Gasteiger partial charge < -0.3 is 9.32 Å². The molecule has 0 radical (unpaired) electrons. The van der Waals surface area contributed by atoms with Gasteiger partial charge in [0, 0.05) is 41.5 Å². The Morgan fingerprint density at radius 1 is 1.36 bits per heavy atom. The number of aromatic nitrogens is 1. The third-order valence-electron chi connectivity index (χ3n) is 4.58. The molecular weight excluding hydrogens is 292 g/mol. The van der Waals surface area contributed by atoms with E-state index >= 15 is 0 Å². The van der Waals surface area contributed by atoms with E-state index in [1.807, 2.05) is 11.6 Å². The highest BCUT2D eigenvalue weighted by molar-refractivity contribution is 7.13. The molecule has 114 valence electrons. The summed E-state index contributed by atoms with van der Waals surface area (Å²) in [5, 5.41) is 4.25. The predicted octanol–water partition coefficient (Wildman–Crippen LogP) is 4.58. The molecule has 1 aliphatic heterocycles. The molecule has 1 aliphatic rings. The van der Waals surface area contributed by atoms with Gasteiger partial charge in [0.05, 0.1) is 0 Å². The number of hydrogen-bond donors (Lipinski definition) is 0. The van der Waals surface area contributed by atoms with Gasteiger partial charge in [0.25, 0.3) is 0 Å². The van der Waals surface area contributed by atoms with Crippen molar-refractivity contribution in [3.63, 3.8) is 0 Å². The Hall–Kier alpha value is -1.65. The smallest absolute Gasteiger partial charge is 0.134 e. The van der Waals surface area contributed by atoms with Gasteiger partial charge in [-0.15, -0.1) is 11.3 Å². The zero-order valence-electron chi connectivity index (χ0n) is 12.8. The third-order valence-corrected chi connectivity index (χ3v) is 5.40. The number of hydrogen-bond acceptors (Lipinski definition) is 4. The quantitative estimate of drug-likeness (QED) is 0.706. The minimum absolute atomic E-state index is 0.723. The van der Waals surface area contributed by atoms with Gasteiger partial charge in [-0.3, -0.25) is 0 Å². The first-order chi connectivity index (χ1) is 10.8. The van der Waals surface area contributed by atoms with Gasteiger partial charge in [-0.1, -0.05) is 0 Å². The van der Waals surface area contributed by atoms with Crippen LogP contribution in [0.4, 0.5) is 0 Å². The Morgan fingerprint density at radius 3 is 3.09 bits per heavy atom.